The normalized spacial score (nSPS) is 11.2. The third kappa shape index (κ3) is 3.77. The van der Waals surface area contributed by atoms with Crippen molar-refractivity contribution in [3.8, 4) is 17.6 Å². The zero-order valence-corrected chi connectivity index (χ0v) is 10.1. The number of aliphatic hydroxyl groups excluding tert-OH is 1. The quantitative estimate of drug-likeness (QED) is 0.666. The third-order valence-electron chi connectivity index (χ3n) is 2.05. The highest BCUT2D eigenvalue weighted by molar-refractivity contribution is 6.30. The fourth-order valence-electron chi connectivity index (χ4n) is 1.24. The molecule has 0 saturated carbocycles. The molecule has 2 aromatic rings. The van der Waals surface area contributed by atoms with Gasteiger partial charge in [-0.3, -0.25) is 0 Å². The lowest BCUT2D eigenvalue weighted by atomic mass is 10.3. The molecule has 2 rings (SSSR count). The Morgan fingerprint density at radius 1 is 1.17 bits per heavy atom. The van der Waals surface area contributed by atoms with Crippen LogP contribution < -0.4 is 4.74 Å². The third-order valence-corrected chi connectivity index (χ3v) is 2.30. The Kier molecular flexibility index (Phi) is 4.19. The Morgan fingerprint density at radius 2 is 1.94 bits per heavy atom. The molecule has 1 heterocycles. The first kappa shape index (κ1) is 12.4. The van der Waals surface area contributed by atoms with Gasteiger partial charge in [0.15, 0.2) is 0 Å². The summed E-state index contributed by atoms with van der Waals surface area (Å²) < 4.78 is 5.19. The number of hydrogen-bond donors (Lipinski definition) is 1. The lowest BCUT2D eigenvalue weighted by Gasteiger charge is -2.07. The summed E-state index contributed by atoms with van der Waals surface area (Å²) in [5.41, 5.74) is 0.580. The van der Waals surface area contributed by atoms with E-state index in [0.717, 1.165) is 0 Å². The van der Waals surface area contributed by atoms with Crippen molar-refractivity contribution in [3.05, 3.63) is 59.4 Å². The molecule has 0 bridgehead atoms. The van der Waals surface area contributed by atoms with Gasteiger partial charge < -0.3 is 9.84 Å². The molecule has 1 atom stereocenters. The van der Waals surface area contributed by atoms with E-state index < -0.39 is 6.29 Å². The Bertz CT molecular complexity index is 558. The molecular formula is C14H10ClNO2. The van der Waals surface area contributed by atoms with Gasteiger partial charge in [0.2, 0.25) is 0 Å². The molecule has 0 saturated heterocycles. The van der Waals surface area contributed by atoms with Gasteiger partial charge >= 0.3 is 0 Å². The van der Waals surface area contributed by atoms with Crippen molar-refractivity contribution in [3.63, 3.8) is 0 Å². The average Bonchev–Trinajstić information content (AvgIpc) is 2.40. The second-order valence-corrected chi connectivity index (χ2v) is 3.84. The van der Waals surface area contributed by atoms with E-state index in [-0.39, 0.29) is 0 Å². The molecule has 0 spiro atoms. The van der Waals surface area contributed by atoms with E-state index >= 15 is 0 Å². The maximum absolute atomic E-state index is 9.58. The topological polar surface area (TPSA) is 42.4 Å². The summed E-state index contributed by atoms with van der Waals surface area (Å²) in [6.45, 7) is 0. The monoisotopic (exact) mass is 259 g/mol. The Hall–Kier alpha value is -2.02. The van der Waals surface area contributed by atoms with E-state index in [4.69, 9.17) is 16.3 Å². The largest absolute Gasteiger partial charge is 0.454 e. The number of pyridine rings is 1. The number of ether oxygens (including phenoxy) is 1. The summed E-state index contributed by atoms with van der Waals surface area (Å²) in [6, 6.07) is 12.0. The minimum Gasteiger partial charge on any atom is -0.454 e. The molecule has 1 unspecified atom stereocenters. The molecule has 90 valence electrons. The highest BCUT2D eigenvalue weighted by atomic mass is 35.5. The molecule has 3 nitrogen and oxygen atoms in total. The van der Waals surface area contributed by atoms with Crippen molar-refractivity contribution in [2.75, 3.05) is 0 Å². The summed E-state index contributed by atoms with van der Waals surface area (Å²) in [5.74, 6) is 5.77. The number of hydrogen-bond acceptors (Lipinski definition) is 3. The van der Waals surface area contributed by atoms with Gasteiger partial charge in [0.05, 0.1) is 0 Å². The summed E-state index contributed by atoms with van der Waals surface area (Å²) in [6.07, 6.45) is 0.435. The second-order valence-electron chi connectivity index (χ2n) is 3.41. The smallest absolute Gasteiger partial charge is 0.262 e. The van der Waals surface area contributed by atoms with Crippen LogP contribution in [0.1, 0.15) is 5.69 Å². The van der Waals surface area contributed by atoms with E-state index in [1.54, 1.807) is 42.6 Å². The van der Waals surface area contributed by atoms with Crippen molar-refractivity contribution < 1.29 is 9.84 Å². The fraction of sp³-hybridized carbons (Fsp3) is 0.0714. The van der Waals surface area contributed by atoms with E-state index in [9.17, 15) is 5.11 Å². The van der Waals surface area contributed by atoms with E-state index in [0.29, 0.717) is 16.5 Å². The van der Waals surface area contributed by atoms with Gasteiger partial charge in [0, 0.05) is 11.2 Å². The number of halogens is 1. The van der Waals surface area contributed by atoms with Crippen LogP contribution in [0.2, 0.25) is 5.02 Å². The van der Waals surface area contributed by atoms with Crippen LogP contribution in [0, 0.1) is 11.8 Å². The predicted molar refractivity (Wildman–Crippen MR) is 69.2 cm³/mol. The highest BCUT2D eigenvalue weighted by Gasteiger charge is 2.01. The van der Waals surface area contributed by atoms with Gasteiger partial charge in [0.1, 0.15) is 11.4 Å². The van der Waals surface area contributed by atoms with Gasteiger partial charge in [0.25, 0.3) is 6.29 Å². The molecule has 4 heteroatoms. The van der Waals surface area contributed by atoms with E-state index in [2.05, 4.69) is 16.8 Å². The van der Waals surface area contributed by atoms with Crippen molar-refractivity contribution >= 4 is 11.6 Å². The van der Waals surface area contributed by atoms with Crippen LogP contribution in [0.5, 0.6) is 5.75 Å². The van der Waals surface area contributed by atoms with Crippen LogP contribution in [0.25, 0.3) is 0 Å². The van der Waals surface area contributed by atoms with Gasteiger partial charge in [-0.05, 0) is 48.2 Å². The summed E-state index contributed by atoms with van der Waals surface area (Å²) in [4.78, 5) is 4.01. The van der Waals surface area contributed by atoms with Crippen molar-refractivity contribution in [2.45, 2.75) is 6.29 Å². The Labute approximate surface area is 110 Å². The van der Waals surface area contributed by atoms with Crippen LogP contribution >= 0.6 is 11.6 Å². The maximum Gasteiger partial charge on any atom is 0.262 e. The van der Waals surface area contributed by atoms with Crippen LogP contribution in [-0.4, -0.2) is 16.4 Å². The molecular weight excluding hydrogens is 250 g/mol. The lowest BCUT2D eigenvalue weighted by Crippen LogP contribution is -2.12. The summed E-state index contributed by atoms with van der Waals surface area (Å²) in [7, 11) is 0. The highest BCUT2D eigenvalue weighted by Crippen LogP contribution is 2.16. The van der Waals surface area contributed by atoms with Crippen molar-refractivity contribution in [2.24, 2.45) is 0 Å². The van der Waals surface area contributed by atoms with E-state index in [1.165, 1.54) is 0 Å². The lowest BCUT2D eigenvalue weighted by molar-refractivity contribution is 0.0332. The first-order valence-electron chi connectivity index (χ1n) is 5.27. The van der Waals surface area contributed by atoms with Gasteiger partial charge in [-0.2, -0.15) is 0 Å². The number of nitrogens with zero attached hydrogens (tertiary/aromatic N) is 1. The zero-order chi connectivity index (χ0) is 12.8. The molecule has 1 aromatic heterocycles. The SMILES string of the molecule is OC(C#Cc1ccccn1)Oc1ccc(Cl)cc1. The minimum atomic E-state index is -1.20. The van der Waals surface area contributed by atoms with Crippen LogP contribution in [0.3, 0.4) is 0 Å². The molecule has 0 radical (unpaired) electrons. The van der Waals surface area contributed by atoms with Gasteiger partial charge in [-0.15, -0.1) is 0 Å². The second kappa shape index (κ2) is 6.06. The summed E-state index contributed by atoms with van der Waals surface area (Å²) in [5, 5.41) is 10.2. The first-order chi connectivity index (χ1) is 8.74. The number of rotatable bonds is 2. The number of benzene rings is 1. The zero-order valence-electron chi connectivity index (χ0n) is 9.38. The minimum absolute atomic E-state index is 0.502. The van der Waals surface area contributed by atoms with Gasteiger partial charge in [-0.1, -0.05) is 17.7 Å². The molecule has 0 aliphatic rings. The maximum atomic E-state index is 9.58. The Balaban J connectivity index is 1.99. The number of aliphatic hydroxyl groups is 1. The standard InChI is InChI=1S/C14H10ClNO2/c15-11-4-7-13(8-5-11)18-14(17)9-6-12-3-1-2-10-16-12/h1-5,7-8,10,14,17H. The van der Waals surface area contributed by atoms with Crippen molar-refractivity contribution in [1.82, 2.24) is 4.98 Å². The van der Waals surface area contributed by atoms with Crippen LogP contribution in [0.15, 0.2) is 48.7 Å². The molecule has 0 aliphatic carbocycles. The molecule has 0 fully saturated rings. The van der Waals surface area contributed by atoms with E-state index in [1.807, 2.05) is 6.07 Å². The fourth-order valence-corrected chi connectivity index (χ4v) is 1.37. The van der Waals surface area contributed by atoms with Crippen LogP contribution in [-0.2, 0) is 0 Å². The predicted octanol–water partition coefficient (Wildman–Crippen LogP) is 2.48. The Morgan fingerprint density at radius 3 is 2.61 bits per heavy atom. The van der Waals surface area contributed by atoms with Gasteiger partial charge in [-0.25, -0.2) is 4.98 Å². The molecule has 1 N–H and O–H groups in total. The number of aromatic nitrogens is 1. The summed E-state index contributed by atoms with van der Waals surface area (Å²) >= 11 is 5.74. The first-order valence-corrected chi connectivity index (χ1v) is 5.65. The molecule has 0 amide bonds. The van der Waals surface area contributed by atoms with Crippen molar-refractivity contribution in [1.29, 1.82) is 0 Å². The molecule has 18 heavy (non-hydrogen) atoms. The van der Waals surface area contributed by atoms with Crippen LogP contribution in [0.4, 0.5) is 0 Å². The molecule has 0 aliphatic heterocycles. The molecule has 1 aromatic carbocycles. The average molecular weight is 260 g/mol.